The van der Waals surface area contributed by atoms with Gasteiger partial charge in [-0.3, -0.25) is 4.79 Å². The Labute approximate surface area is 144 Å². The summed E-state index contributed by atoms with van der Waals surface area (Å²) < 4.78 is 29.9. The van der Waals surface area contributed by atoms with E-state index in [0.717, 1.165) is 0 Å². The smallest absolute Gasteiger partial charge is 0.231 e. The number of rotatable bonds is 6. The predicted molar refractivity (Wildman–Crippen MR) is 88.3 cm³/mol. The van der Waals surface area contributed by atoms with Gasteiger partial charge in [-0.15, -0.1) is 0 Å². The predicted octanol–water partition coefficient (Wildman–Crippen LogP) is 2.85. The molecule has 2 aromatic rings. The Bertz CT molecular complexity index is 795. The molecule has 2 aliphatic rings. The number of fused-ring (bicyclic) bond motifs is 1. The summed E-state index contributed by atoms with van der Waals surface area (Å²) in [5, 5.41) is 2.84. The van der Waals surface area contributed by atoms with Gasteiger partial charge >= 0.3 is 0 Å². The zero-order chi connectivity index (χ0) is 17.2. The molecule has 1 fully saturated rings. The fourth-order valence-electron chi connectivity index (χ4n) is 3.05. The van der Waals surface area contributed by atoms with Crippen LogP contribution in [0, 0.1) is 11.7 Å². The summed E-state index contributed by atoms with van der Waals surface area (Å²) >= 11 is 0. The zero-order valence-electron chi connectivity index (χ0n) is 13.5. The van der Waals surface area contributed by atoms with Gasteiger partial charge in [-0.05, 0) is 36.1 Å². The van der Waals surface area contributed by atoms with Gasteiger partial charge in [0, 0.05) is 12.0 Å². The largest absolute Gasteiger partial charge is 0.492 e. The molecule has 2 atom stereocenters. The Morgan fingerprint density at radius 1 is 1.20 bits per heavy atom. The van der Waals surface area contributed by atoms with Crippen LogP contribution in [0.1, 0.15) is 17.9 Å². The molecule has 0 unspecified atom stereocenters. The number of carbonyl (C=O) groups is 1. The fraction of sp³-hybridized carbons (Fsp3) is 0.316. The molecule has 0 spiro atoms. The first kappa shape index (κ1) is 15.7. The highest BCUT2D eigenvalue weighted by Crippen LogP contribution is 2.48. The van der Waals surface area contributed by atoms with E-state index in [1.165, 1.54) is 6.07 Å². The SMILES string of the molecule is O=C(NCCOc1ccc2c(c1)OCO2)[C@H]1C[C@@H]1c1ccccc1F. The third-order valence-electron chi connectivity index (χ3n) is 4.45. The summed E-state index contributed by atoms with van der Waals surface area (Å²) in [5.41, 5.74) is 0.624. The highest BCUT2D eigenvalue weighted by molar-refractivity contribution is 5.82. The minimum atomic E-state index is -0.242. The van der Waals surface area contributed by atoms with E-state index in [-0.39, 0.29) is 30.4 Å². The zero-order valence-corrected chi connectivity index (χ0v) is 13.5. The maximum absolute atomic E-state index is 13.7. The summed E-state index contributed by atoms with van der Waals surface area (Å²) in [6.07, 6.45) is 0.690. The maximum Gasteiger partial charge on any atom is 0.231 e. The minimum Gasteiger partial charge on any atom is -0.492 e. The lowest BCUT2D eigenvalue weighted by Gasteiger charge is -2.08. The lowest BCUT2D eigenvalue weighted by Crippen LogP contribution is -2.29. The van der Waals surface area contributed by atoms with Gasteiger partial charge in [0.25, 0.3) is 0 Å². The molecule has 1 N–H and O–H groups in total. The van der Waals surface area contributed by atoms with Gasteiger partial charge in [-0.1, -0.05) is 18.2 Å². The molecule has 4 rings (SSSR count). The molecule has 1 aliphatic carbocycles. The topological polar surface area (TPSA) is 56.8 Å². The second kappa shape index (κ2) is 6.63. The van der Waals surface area contributed by atoms with Crippen molar-refractivity contribution < 1.29 is 23.4 Å². The van der Waals surface area contributed by atoms with E-state index in [0.29, 0.717) is 42.4 Å². The van der Waals surface area contributed by atoms with Crippen LogP contribution >= 0.6 is 0 Å². The summed E-state index contributed by atoms with van der Waals surface area (Å²) in [6, 6.07) is 12.0. The van der Waals surface area contributed by atoms with E-state index >= 15 is 0 Å². The van der Waals surface area contributed by atoms with Gasteiger partial charge in [0.15, 0.2) is 11.5 Å². The van der Waals surface area contributed by atoms with Crippen LogP contribution in [0.25, 0.3) is 0 Å². The molecule has 0 aromatic heterocycles. The molecular weight excluding hydrogens is 325 g/mol. The molecule has 2 aromatic carbocycles. The van der Waals surface area contributed by atoms with Crippen LogP contribution in [-0.2, 0) is 4.79 Å². The molecule has 1 heterocycles. The lowest BCUT2D eigenvalue weighted by atomic mass is 10.1. The van der Waals surface area contributed by atoms with Crippen molar-refractivity contribution in [3.05, 3.63) is 53.8 Å². The molecule has 1 saturated carbocycles. The highest BCUT2D eigenvalue weighted by atomic mass is 19.1. The third-order valence-corrected chi connectivity index (χ3v) is 4.45. The highest BCUT2D eigenvalue weighted by Gasteiger charge is 2.44. The first-order valence-corrected chi connectivity index (χ1v) is 8.27. The lowest BCUT2D eigenvalue weighted by molar-refractivity contribution is -0.122. The number of carbonyl (C=O) groups excluding carboxylic acids is 1. The van der Waals surface area contributed by atoms with Crippen molar-refractivity contribution in [1.29, 1.82) is 0 Å². The number of hydrogen-bond donors (Lipinski definition) is 1. The maximum atomic E-state index is 13.7. The Hall–Kier alpha value is -2.76. The van der Waals surface area contributed by atoms with Crippen molar-refractivity contribution in [3.8, 4) is 17.2 Å². The Morgan fingerprint density at radius 3 is 2.92 bits per heavy atom. The minimum absolute atomic E-state index is 0.0176. The molecule has 130 valence electrons. The van der Waals surface area contributed by atoms with E-state index in [1.54, 1.807) is 36.4 Å². The summed E-state index contributed by atoms with van der Waals surface area (Å²) in [4.78, 5) is 12.1. The normalized spacial score (nSPS) is 20.2. The Kier molecular flexibility index (Phi) is 4.17. The van der Waals surface area contributed by atoms with Crippen LogP contribution < -0.4 is 19.5 Å². The van der Waals surface area contributed by atoms with Gasteiger partial charge < -0.3 is 19.5 Å². The van der Waals surface area contributed by atoms with Crippen molar-refractivity contribution in [1.82, 2.24) is 5.32 Å². The number of amides is 1. The fourth-order valence-corrected chi connectivity index (χ4v) is 3.05. The van der Waals surface area contributed by atoms with E-state index in [1.807, 2.05) is 0 Å². The van der Waals surface area contributed by atoms with Crippen LogP contribution in [0.2, 0.25) is 0 Å². The number of nitrogens with one attached hydrogen (secondary N) is 1. The Balaban J connectivity index is 1.22. The first-order valence-electron chi connectivity index (χ1n) is 8.27. The van der Waals surface area contributed by atoms with Crippen molar-refractivity contribution in [3.63, 3.8) is 0 Å². The summed E-state index contributed by atoms with van der Waals surface area (Å²) in [7, 11) is 0. The Morgan fingerprint density at radius 2 is 2.04 bits per heavy atom. The molecular formula is C19H18FNO4. The second-order valence-corrected chi connectivity index (χ2v) is 6.12. The second-order valence-electron chi connectivity index (χ2n) is 6.12. The summed E-state index contributed by atoms with van der Waals surface area (Å²) in [6.45, 7) is 0.968. The van der Waals surface area contributed by atoms with Gasteiger partial charge in [-0.25, -0.2) is 4.39 Å². The van der Waals surface area contributed by atoms with Gasteiger partial charge in [0.1, 0.15) is 18.2 Å². The van der Waals surface area contributed by atoms with Crippen LogP contribution in [-0.4, -0.2) is 25.9 Å². The molecule has 0 saturated heterocycles. The van der Waals surface area contributed by atoms with Gasteiger partial charge in [-0.2, -0.15) is 0 Å². The number of halogens is 1. The average molecular weight is 343 g/mol. The van der Waals surface area contributed by atoms with Gasteiger partial charge in [0.2, 0.25) is 12.7 Å². The van der Waals surface area contributed by atoms with Crippen molar-refractivity contribution in [2.75, 3.05) is 19.9 Å². The average Bonchev–Trinajstić information content (AvgIpc) is 3.28. The van der Waals surface area contributed by atoms with E-state index in [4.69, 9.17) is 14.2 Å². The molecule has 0 radical (unpaired) electrons. The monoisotopic (exact) mass is 343 g/mol. The van der Waals surface area contributed by atoms with E-state index < -0.39 is 0 Å². The molecule has 6 heteroatoms. The number of hydrogen-bond acceptors (Lipinski definition) is 4. The number of ether oxygens (including phenoxy) is 3. The van der Waals surface area contributed by atoms with Crippen molar-refractivity contribution >= 4 is 5.91 Å². The summed E-state index contributed by atoms with van der Waals surface area (Å²) in [5.74, 6) is 1.56. The molecule has 5 nitrogen and oxygen atoms in total. The molecule has 1 aliphatic heterocycles. The third kappa shape index (κ3) is 3.38. The first-order chi connectivity index (χ1) is 12.2. The van der Waals surface area contributed by atoms with Crippen LogP contribution in [0.15, 0.2) is 42.5 Å². The van der Waals surface area contributed by atoms with Gasteiger partial charge in [0.05, 0.1) is 6.54 Å². The van der Waals surface area contributed by atoms with E-state index in [2.05, 4.69) is 5.32 Å². The number of benzene rings is 2. The van der Waals surface area contributed by atoms with Crippen LogP contribution in [0.5, 0.6) is 17.2 Å². The quantitative estimate of drug-likeness (QED) is 0.820. The van der Waals surface area contributed by atoms with E-state index in [9.17, 15) is 9.18 Å². The molecule has 25 heavy (non-hydrogen) atoms. The molecule has 1 amide bonds. The van der Waals surface area contributed by atoms with Crippen molar-refractivity contribution in [2.24, 2.45) is 5.92 Å². The molecule has 0 bridgehead atoms. The van der Waals surface area contributed by atoms with Crippen LogP contribution in [0.3, 0.4) is 0 Å². The van der Waals surface area contributed by atoms with Crippen LogP contribution in [0.4, 0.5) is 4.39 Å². The van der Waals surface area contributed by atoms with Crippen molar-refractivity contribution in [2.45, 2.75) is 12.3 Å². The standard InChI is InChI=1S/C19H18FNO4/c20-16-4-2-1-3-13(16)14-10-15(14)19(22)21-7-8-23-12-5-6-17-18(9-12)25-11-24-17/h1-6,9,14-15H,7-8,10-11H2,(H,21,22)/t14-,15+/m1/s1.